The number of aromatic amines is 1. The van der Waals surface area contributed by atoms with Crippen molar-refractivity contribution in [2.75, 3.05) is 0 Å². The average Bonchev–Trinajstić information content (AvgIpc) is 3.09. The van der Waals surface area contributed by atoms with Crippen molar-refractivity contribution in [2.45, 2.75) is 10.6 Å². The maximum Gasteiger partial charge on any atom is 0.257 e. The lowest BCUT2D eigenvalue weighted by molar-refractivity contribution is 0.595. The van der Waals surface area contributed by atoms with Crippen molar-refractivity contribution in [3.05, 3.63) is 81.4 Å². The van der Waals surface area contributed by atoms with Crippen molar-refractivity contribution in [1.82, 2.24) is 9.97 Å². The Labute approximate surface area is 153 Å². The molecule has 4 aromatic rings. The van der Waals surface area contributed by atoms with Crippen LogP contribution < -0.4 is 5.56 Å². The molecule has 2 aromatic heterocycles. The summed E-state index contributed by atoms with van der Waals surface area (Å²) in [6.07, 6.45) is 0. The molecule has 5 nitrogen and oxygen atoms in total. The topological polar surface area (TPSA) is 79.9 Å². The number of aromatic nitrogens is 2. The summed E-state index contributed by atoms with van der Waals surface area (Å²) in [4.78, 5) is 19.8. The Hall–Kier alpha value is -2.77. The van der Waals surface area contributed by atoms with Gasteiger partial charge in [-0.3, -0.25) is 4.79 Å². The van der Waals surface area contributed by atoms with Crippen molar-refractivity contribution in [2.24, 2.45) is 0 Å². The molecule has 2 heterocycles. The number of benzene rings is 2. The van der Waals surface area contributed by atoms with E-state index in [9.17, 15) is 13.2 Å². The normalized spacial score (nSPS) is 11.7. The largest absolute Gasteiger partial charge is 0.321 e. The van der Waals surface area contributed by atoms with Gasteiger partial charge in [0, 0.05) is 10.9 Å². The third-order valence-electron chi connectivity index (χ3n) is 4.00. The molecule has 2 aromatic carbocycles. The summed E-state index contributed by atoms with van der Waals surface area (Å²) in [5, 5.41) is 3.07. The molecule has 0 fully saturated rings. The minimum Gasteiger partial charge on any atom is -0.321 e. The third kappa shape index (κ3) is 3.18. The van der Waals surface area contributed by atoms with E-state index in [1.165, 1.54) is 11.3 Å². The second-order valence-corrected chi connectivity index (χ2v) is 8.73. The number of rotatable bonds is 4. The summed E-state index contributed by atoms with van der Waals surface area (Å²) >= 11 is 1.24. The molecular formula is C19H14N2O3S2. The molecule has 0 amide bonds. The Morgan fingerprint density at radius 1 is 1.00 bits per heavy atom. The summed E-state index contributed by atoms with van der Waals surface area (Å²) < 4.78 is 25.0. The van der Waals surface area contributed by atoms with Crippen molar-refractivity contribution in [3.63, 3.8) is 0 Å². The lowest BCUT2D eigenvalue weighted by Gasteiger charge is -2.02. The van der Waals surface area contributed by atoms with Gasteiger partial charge in [0.05, 0.1) is 16.2 Å². The van der Waals surface area contributed by atoms with Crippen molar-refractivity contribution >= 4 is 32.1 Å². The molecule has 0 bridgehead atoms. The second-order valence-electron chi connectivity index (χ2n) is 5.80. The van der Waals surface area contributed by atoms with Crippen LogP contribution in [0.3, 0.4) is 0 Å². The first-order valence-electron chi connectivity index (χ1n) is 7.87. The highest BCUT2D eigenvalue weighted by molar-refractivity contribution is 7.90. The number of nitrogens with zero attached hydrogens (tertiary/aromatic N) is 1. The van der Waals surface area contributed by atoms with Crippen molar-refractivity contribution < 1.29 is 8.42 Å². The number of fused-ring (bicyclic) bond motifs is 1. The van der Waals surface area contributed by atoms with E-state index in [1.54, 1.807) is 41.8 Å². The van der Waals surface area contributed by atoms with Gasteiger partial charge in [0.15, 0.2) is 9.84 Å². The van der Waals surface area contributed by atoms with Gasteiger partial charge in [-0.15, -0.1) is 11.3 Å². The molecule has 130 valence electrons. The molecule has 0 aliphatic carbocycles. The van der Waals surface area contributed by atoms with Gasteiger partial charge >= 0.3 is 0 Å². The Bertz CT molecular complexity index is 1240. The molecule has 0 aliphatic rings. The number of hydrogen-bond acceptors (Lipinski definition) is 5. The molecule has 0 saturated heterocycles. The molecule has 1 N–H and O–H groups in total. The van der Waals surface area contributed by atoms with Crippen LogP contribution in [0.25, 0.3) is 22.2 Å². The van der Waals surface area contributed by atoms with Gasteiger partial charge < -0.3 is 4.98 Å². The van der Waals surface area contributed by atoms with Gasteiger partial charge in [0.1, 0.15) is 10.8 Å². The number of nitrogens with one attached hydrogen (secondary N) is 1. The van der Waals surface area contributed by atoms with Crippen molar-refractivity contribution in [3.8, 4) is 11.3 Å². The Kier molecular flexibility index (Phi) is 4.18. The van der Waals surface area contributed by atoms with Crippen LogP contribution in [0.5, 0.6) is 0 Å². The second kappa shape index (κ2) is 6.51. The molecule has 7 heteroatoms. The predicted molar refractivity (Wildman–Crippen MR) is 103 cm³/mol. The Morgan fingerprint density at radius 2 is 1.73 bits per heavy atom. The fourth-order valence-electron chi connectivity index (χ4n) is 2.71. The Balaban J connectivity index is 1.69. The van der Waals surface area contributed by atoms with E-state index in [0.29, 0.717) is 16.3 Å². The molecule has 26 heavy (non-hydrogen) atoms. The monoisotopic (exact) mass is 382 g/mol. The number of hydrogen-bond donors (Lipinski definition) is 1. The van der Waals surface area contributed by atoms with E-state index in [-0.39, 0.29) is 16.2 Å². The van der Waals surface area contributed by atoms with Crippen molar-refractivity contribution in [1.29, 1.82) is 0 Å². The van der Waals surface area contributed by atoms with Crippen LogP contribution in [-0.2, 0) is 15.6 Å². The van der Waals surface area contributed by atoms with E-state index in [2.05, 4.69) is 9.97 Å². The van der Waals surface area contributed by atoms with Gasteiger partial charge in [0.2, 0.25) is 0 Å². The standard InChI is InChI=1S/C19H14N2O3S2/c22-19-15(10-13-6-4-5-9-16(13)21-19)17-11-25-18(20-17)12-26(23,24)14-7-2-1-3-8-14/h1-11H,12H2,(H,21,22). The number of para-hydroxylation sites is 1. The first-order chi connectivity index (χ1) is 12.5. The quantitative estimate of drug-likeness (QED) is 0.584. The predicted octanol–water partition coefficient (Wildman–Crippen LogP) is 3.63. The van der Waals surface area contributed by atoms with Crippen LogP contribution in [0.2, 0.25) is 0 Å². The maximum atomic E-state index is 12.5. The number of thiazole rings is 1. The third-order valence-corrected chi connectivity index (χ3v) is 6.67. The van der Waals surface area contributed by atoms with E-state index in [4.69, 9.17) is 0 Å². The zero-order valence-corrected chi connectivity index (χ0v) is 15.2. The van der Waals surface area contributed by atoms with Gasteiger partial charge in [-0.1, -0.05) is 36.4 Å². The highest BCUT2D eigenvalue weighted by Crippen LogP contribution is 2.24. The Morgan fingerprint density at radius 3 is 2.54 bits per heavy atom. The molecule has 0 radical (unpaired) electrons. The molecule has 4 rings (SSSR count). The van der Waals surface area contributed by atoms with Gasteiger partial charge in [-0.25, -0.2) is 13.4 Å². The highest BCUT2D eigenvalue weighted by Gasteiger charge is 2.18. The fourth-order valence-corrected chi connectivity index (χ4v) is 5.16. The SMILES string of the molecule is O=c1[nH]c2ccccc2cc1-c1csc(CS(=O)(=O)c2ccccc2)n1. The van der Waals surface area contributed by atoms with Crippen LogP contribution in [0.4, 0.5) is 0 Å². The number of sulfone groups is 1. The van der Waals surface area contributed by atoms with Crippen LogP contribution in [0.15, 0.2) is 75.7 Å². The molecule has 0 spiro atoms. The number of H-pyrrole nitrogens is 1. The number of pyridine rings is 1. The van der Waals surface area contributed by atoms with E-state index in [0.717, 1.165) is 10.9 Å². The summed E-state index contributed by atoms with van der Waals surface area (Å²) in [6.45, 7) is 0. The summed E-state index contributed by atoms with van der Waals surface area (Å²) in [6, 6.07) is 17.5. The van der Waals surface area contributed by atoms with E-state index < -0.39 is 9.84 Å². The van der Waals surface area contributed by atoms with Gasteiger partial charge in [0.25, 0.3) is 5.56 Å². The summed E-state index contributed by atoms with van der Waals surface area (Å²) in [5.41, 5.74) is 1.43. The molecule has 0 aliphatic heterocycles. The first-order valence-corrected chi connectivity index (χ1v) is 10.4. The minimum absolute atomic E-state index is 0.187. The first kappa shape index (κ1) is 16.7. The molecule has 0 atom stereocenters. The van der Waals surface area contributed by atoms with Crippen LogP contribution in [0.1, 0.15) is 5.01 Å². The highest BCUT2D eigenvalue weighted by atomic mass is 32.2. The lowest BCUT2D eigenvalue weighted by Crippen LogP contribution is -2.09. The lowest BCUT2D eigenvalue weighted by atomic mass is 10.1. The summed E-state index contributed by atoms with van der Waals surface area (Å²) in [5.74, 6) is -0.187. The van der Waals surface area contributed by atoms with E-state index >= 15 is 0 Å². The van der Waals surface area contributed by atoms with Crippen LogP contribution >= 0.6 is 11.3 Å². The average molecular weight is 382 g/mol. The smallest absolute Gasteiger partial charge is 0.257 e. The zero-order chi connectivity index (χ0) is 18.1. The summed E-state index contributed by atoms with van der Waals surface area (Å²) in [7, 11) is -3.47. The molecular weight excluding hydrogens is 368 g/mol. The van der Waals surface area contributed by atoms with Gasteiger partial charge in [-0.05, 0) is 29.7 Å². The van der Waals surface area contributed by atoms with Gasteiger partial charge in [-0.2, -0.15) is 0 Å². The van der Waals surface area contributed by atoms with Crippen LogP contribution in [-0.4, -0.2) is 18.4 Å². The maximum absolute atomic E-state index is 12.5. The van der Waals surface area contributed by atoms with E-state index in [1.807, 2.05) is 24.3 Å². The zero-order valence-electron chi connectivity index (χ0n) is 13.5. The fraction of sp³-hybridized carbons (Fsp3) is 0.0526. The minimum atomic E-state index is -3.47. The van der Waals surface area contributed by atoms with Crippen LogP contribution in [0, 0.1) is 0 Å². The molecule has 0 unspecified atom stereocenters. The molecule has 0 saturated carbocycles.